The highest BCUT2D eigenvalue weighted by Gasteiger charge is 2.36. The van der Waals surface area contributed by atoms with Crippen molar-refractivity contribution < 1.29 is 19.1 Å². The first-order valence-electron chi connectivity index (χ1n) is 8.71. The lowest BCUT2D eigenvalue weighted by Crippen LogP contribution is -2.47. The molecule has 6 heteroatoms. The van der Waals surface area contributed by atoms with Crippen LogP contribution >= 0.6 is 0 Å². The zero-order valence-corrected chi connectivity index (χ0v) is 15.5. The van der Waals surface area contributed by atoms with Gasteiger partial charge in [0.1, 0.15) is 17.4 Å². The van der Waals surface area contributed by atoms with E-state index < -0.39 is 17.7 Å². The van der Waals surface area contributed by atoms with Gasteiger partial charge in [-0.2, -0.15) is 0 Å². The summed E-state index contributed by atoms with van der Waals surface area (Å²) in [5.74, 6) is 0.686. The quantitative estimate of drug-likeness (QED) is 0.888. The summed E-state index contributed by atoms with van der Waals surface area (Å²) < 4.78 is 10.7. The van der Waals surface area contributed by atoms with Crippen LogP contribution in [0.3, 0.4) is 0 Å². The number of rotatable bonds is 5. The van der Waals surface area contributed by atoms with E-state index in [0.717, 1.165) is 17.7 Å². The third-order valence-electron chi connectivity index (χ3n) is 4.07. The summed E-state index contributed by atoms with van der Waals surface area (Å²) in [7, 11) is 1.63. The summed E-state index contributed by atoms with van der Waals surface area (Å²) in [6, 6.07) is 7.29. The molecule has 0 radical (unpaired) electrons. The zero-order valence-electron chi connectivity index (χ0n) is 15.5. The van der Waals surface area contributed by atoms with E-state index in [4.69, 9.17) is 9.47 Å². The van der Waals surface area contributed by atoms with Crippen LogP contribution in [0.25, 0.3) is 0 Å². The topological polar surface area (TPSA) is 67.9 Å². The Hall–Kier alpha value is -2.24. The van der Waals surface area contributed by atoms with Crippen LogP contribution in [0.15, 0.2) is 24.3 Å². The third kappa shape index (κ3) is 5.37. The van der Waals surface area contributed by atoms with Crippen molar-refractivity contribution in [1.82, 2.24) is 10.2 Å². The van der Waals surface area contributed by atoms with Gasteiger partial charge in [0.2, 0.25) is 5.91 Å². The Bertz CT molecular complexity index is 610. The van der Waals surface area contributed by atoms with Crippen LogP contribution in [0.5, 0.6) is 5.75 Å². The highest BCUT2D eigenvalue weighted by atomic mass is 16.6. The molecule has 1 aliphatic heterocycles. The molecule has 1 atom stereocenters. The Balaban J connectivity index is 1.88. The van der Waals surface area contributed by atoms with Crippen LogP contribution in [-0.4, -0.2) is 48.7 Å². The molecule has 2 amide bonds. The number of amides is 2. The number of methoxy groups -OCH3 is 1. The van der Waals surface area contributed by atoms with Crippen LogP contribution in [0.1, 0.15) is 39.2 Å². The minimum absolute atomic E-state index is 0.127. The molecule has 1 aliphatic rings. The van der Waals surface area contributed by atoms with Gasteiger partial charge in [-0.05, 0) is 51.7 Å². The Morgan fingerprint density at radius 2 is 2.00 bits per heavy atom. The van der Waals surface area contributed by atoms with E-state index in [1.807, 2.05) is 45.0 Å². The molecule has 25 heavy (non-hydrogen) atoms. The van der Waals surface area contributed by atoms with Gasteiger partial charge in [-0.25, -0.2) is 4.79 Å². The number of hydrogen-bond donors (Lipinski definition) is 1. The summed E-state index contributed by atoms with van der Waals surface area (Å²) >= 11 is 0. The molecule has 1 N–H and O–H groups in total. The smallest absolute Gasteiger partial charge is 0.410 e. The monoisotopic (exact) mass is 348 g/mol. The molecule has 1 saturated heterocycles. The minimum Gasteiger partial charge on any atom is -0.496 e. The average Bonchev–Trinajstić information content (AvgIpc) is 3.03. The lowest BCUT2D eigenvalue weighted by Gasteiger charge is -2.28. The second kappa shape index (κ2) is 8.23. The number of likely N-dealkylation sites (tertiary alicyclic amines) is 1. The Morgan fingerprint density at radius 3 is 2.68 bits per heavy atom. The molecule has 1 heterocycles. The molecular formula is C19H28N2O4. The van der Waals surface area contributed by atoms with Crippen molar-refractivity contribution in [3.8, 4) is 5.75 Å². The molecule has 0 aliphatic carbocycles. The second-order valence-electron chi connectivity index (χ2n) is 7.18. The number of nitrogens with one attached hydrogen (secondary N) is 1. The summed E-state index contributed by atoms with van der Waals surface area (Å²) in [5.41, 5.74) is 0.477. The molecule has 1 aromatic rings. The number of hydrogen-bond acceptors (Lipinski definition) is 4. The molecule has 6 nitrogen and oxygen atoms in total. The van der Waals surface area contributed by atoms with Gasteiger partial charge in [-0.1, -0.05) is 18.2 Å². The Kier molecular flexibility index (Phi) is 6.28. The van der Waals surface area contributed by atoms with Crippen molar-refractivity contribution >= 4 is 12.0 Å². The van der Waals surface area contributed by atoms with E-state index in [1.54, 1.807) is 7.11 Å². The molecule has 1 fully saturated rings. The van der Waals surface area contributed by atoms with Crippen molar-refractivity contribution in [2.75, 3.05) is 20.2 Å². The Labute approximate surface area is 149 Å². The van der Waals surface area contributed by atoms with Crippen molar-refractivity contribution in [2.24, 2.45) is 0 Å². The van der Waals surface area contributed by atoms with E-state index in [1.165, 1.54) is 4.90 Å². The fourth-order valence-electron chi connectivity index (χ4n) is 2.93. The number of carbonyl (C=O) groups is 2. The van der Waals surface area contributed by atoms with Crippen LogP contribution < -0.4 is 10.1 Å². The maximum atomic E-state index is 12.5. The average molecular weight is 348 g/mol. The predicted octanol–water partition coefficient (Wildman–Crippen LogP) is 2.75. The van der Waals surface area contributed by atoms with Gasteiger partial charge >= 0.3 is 6.09 Å². The van der Waals surface area contributed by atoms with Crippen molar-refractivity contribution in [2.45, 2.75) is 51.7 Å². The van der Waals surface area contributed by atoms with E-state index in [2.05, 4.69) is 5.32 Å². The number of ether oxygens (including phenoxy) is 2. The predicted molar refractivity (Wildman–Crippen MR) is 95.7 cm³/mol. The largest absolute Gasteiger partial charge is 0.496 e. The molecule has 0 saturated carbocycles. The molecular weight excluding hydrogens is 320 g/mol. The van der Waals surface area contributed by atoms with E-state index >= 15 is 0 Å². The number of nitrogens with zero attached hydrogens (tertiary/aromatic N) is 1. The van der Waals surface area contributed by atoms with Gasteiger partial charge in [-0.3, -0.25) is 9.69 Å². The van der Waals surface area contributed by atoms with Gasteiger partial charge in [0.15, 0.2) is 0 Å². The summed E-state index contributed by atoms with van der Waals surface area (Å²) in [5, 5.41) is 2.93. The number of carbonyl (C=O) groups excluding carboxylic acids is 2. The summed E-state index contributed by atoms with van der Waals surface area (Å²) in [6.45, 7) is 6.52. The third-order valence-corrected chi connectivity index (χ3v) is 4.07. The van der Waals surface area contributed by atoms with Gasteiger partial charge in [0.25, 0.3) is 0 Å². The standard InChI is InChI=1S/C19H28N2O4/c1-19(2,3)25-18(23)21-13-7-9-15(21)17(22)20-12-11-14-8-5-6-10-16(14)24-4/h5-6,8,10,15H,7,9,11-13H2,1-4H3,(H,20,22)/t15-/m0/s1. The Morgan fingerprint density at radius 1 is 1.28 bits per heavy atom. The summed E-state index contributed by atoms with van der Waals surface area (Å²) in [6.07, 6.45) is 1.73. The molecule has 0 bridgehead atoms. The van der Waals surface area contributed by atoms with E-state index in [0.29, 0.717) is 25.9 Å². The van der Waals surface area contributed by atoms with Crippen LogP contribution in [0.4, 0.5) is 4.79 Å². The number of benzene rings is 1. The first-order valence-corrected chi connectivity index (χ1v) is 8.71. The van der Waals surface area contributed by atoms with Crippen LogP contribution in [0.2, 0.25) is 0 Å². The van der Waals surface area contributed by atoms with E-state index in [9.17, 15) is 9.59 Å². The van der Waals surface area contributed by atoms with Gasteiger partial charge < -0.3 is 14.8 Å². The molecule has 138 valence electrons. The second-order valence-corrected chi connectivity index (χ2v) is 7.18. The first kappa shape index (κ1) is 19.1. The van der Waals surface area contributed by atoms with Gasteiger partial charge in [-0.15, -0.1) is 0 Å². The fourth-order valence-corrected chi connectivity index (χ4v) is 2.93. The molecule has 0 aromatic heterocycles. The van der Waals surface area contributed by atoms with Crippen molar-refractivity contribution in [1.29, 1.82) is 0 Å². The lowest BCUT2D eigenvalue weighted by molar-refractivity contribution is -0.125. The van der Waals surface area contributed by atoms with E-state index in [-0.39, 0.29) is 5.91 Å². The molecule has 1 aromatic carbocycles. The maximum Gasteiger partial charge on any atom is 0.410 e. The van der Waals surface area contributed by atoms with Crippen molar-refractivity contribution in [3.63, 3.8) is 0 Å². The van der Waals surface area contributed by atoms with Crippen LogP contribution in [0, 0.1) is 0 Å². The maximum absolute atomic E-state index is 12.5. The molecule has 2 rings (SSSR count). The SMILES string of the molecule is COc1ccccc1CCNC(=O)[C@@H]1CCCN1C(=O)OC(C)(C)C. The minimum atomic E-state index is -0.565. The molecule has 0 unspecified atom stereocenters. The normalized spacial score (nSPS) is 17.3. The lowest BCUT2D eigenvalue weighted by atomic mass is 10.1. The first-order chi connectivity index (χ1) is 11.8. The highest BCUT2D eigenvalue weighted by Crippen LogP contribution is 2.21. The zero-order chi connectivity index (χ0) is 18.4. The van der Waals surface area contributed by atoms with Gasteiger partial charge in [0, 0.05) is 13.1 Å². The fraction of sp³-hybridized carbons (Fsp3) is 0.579. The summed E-state index contributed by atoms with van der Waals surface area (Å²) in [4.78, 5) is 26.3. The highest BCUT2D eigenvalue weighted by molar-refractivity contribution is 5.86. The van der Waals surface area contributed by atoms with Gasteiger partial charge in [0.05, 0.1) is 7.11 Å². The van der Waals surface area contributed by atoms with Crippen LogP contribution in [-0.2, 0) is 16.0 Å². The molecule has 0 spiro atoms. The number of para-hydroxylation sites is 1. The van der Waals surface area contributed by atoms with Crippen molar-refractivity contribution in [3.05, 3.63) is 29.8 Å².